The molecule has 0 atom stereocenters. The van der Waals surface area contributed by atoms with Crippen molar-refractivity contribution in [1.29, 1.82) is 0 Å². The van der Waals surface area contributed by atoms with E-state index in [1.807, 2.05) is 55.5 Å². The molecular formula is C17H17N5O2S. The van der Waals surface area contributed by atoms with Gasteiger partial charge in [0.15, 0.2) is 0 Å². The first-order valence-corrected chi connectivity index (χ1v) is 8.57. The second-order valence-electron chi connectivity index (χ2n) is 5.25. The summed E-state index contributed by atoms with van der Waals surface area (Å²) in [7, 11) is 1.59. The number of carbonyl (C=O) groups excluding carboxylic acids is 1. The van der Waals surface area contributed by atoms with Crippen LogP contribution in [-0.2, 0) is 4.79 Å². The van der Waals surface area contributed by atoms with Gasteiger partial charge < -0.3 is 10.1 Å². The third kappa shape index (κ3) is 4.16. The lowest BCUT2D eigenvalue weighted by Crippen LogP contribution is -2.14. The Hall–Kier alpha value is -2.87. The summed E-state index contributed by atoms with van der Waals surface area (Å²) in [6.07, 6.45) is 0. The molecule has 1 amide bonds. The number of nitrogens with one attached hydrogen (secondary N) is 1. The van der Waals surface area contributed by atoms with Crippen molar-refractivity contribution in [2.24, 2.45) is 0 Å². The van der Waals surface area contributed by atoms with Crippen LogP contribution >= 0.6 is 11.8 Å². The number of nitrogens with zero attached hydrogens (tertiary/aromatic N) is 4. The van der Waals surface area contributed by atoms with E-state index in [0.717, 1.165) is 16.9 Å². The number of carbonyl (C=O) groups is 1. The lowest BCUT2D eigenvalue weighted by Gasteiger charge is -2.09. The molecular weight excluding hydrogens is 338 g/mol. The van der Waals surface area contributed by atoms with Crippen molar-refractivity contribution in [2.45, 2.75) is 12.1 Å². The summed E-state index contributed by atoms with van der Waals surface area (Å²) in [6, 6.07) is 15.1. The van der Waals surface area contributed by atoms with Crippen LogP contribution in [0.3, 0.4) is 0 Å². The Kier molecular flexibility index (Phi) is 5.30. The average molecular weight is 355 g/mol. The molecule has 25 heavy (non-hydrogen) atoms. The molecule has 128 valence electrons. The number of tetrazole rings is 1. The molecule has 0 saturated heterocycles. The highest BCUT2D eigenvalue weighted by molar-refractivity contribution is 7.99. The van der Waals surface area contributed by atoms with Gasteiger partial charge in [-0.1, -0.05) is 41.6 Å². The van der Waals surface area contributed by atoms with E-state index in [4.69, 9.17) is 4.74 Å². The van der Waals surface area contributed by atoms with Gasteiger partial charge in [0.05, 0.1) is 12.9 Å². The number of hydrogen-bond donors (Lipinski definition) is 1. The molecule has 1 N–H and O–H groups in total. The van der Waals surface area contributed by atoms with E-state index in [1.165, 1.54) is 11.8 Å². The lowest BCUT2D eigenvalue weighted by molar-refractivity contribution is -0.113. The zero-order valence-corrected chi connectivity index (χ0v) is 14.7. The Morgan fingerprint density at radius 3 is 2.72 bits per heavy atom. The van der Waals surface area contributed by atoms with Crippen LogP contribution in [0.15, 0.2) is 53.7 Å². The van der Waals surface area contributed by atoms with E-state index < -0.39 is 0 Å². The van der Waals surface area contributed by atoms with Crippen LogP contribution in [-0.4, -0.2) is 39.0 Å². The van der Waals surface area contributed by atoms with E-state index in [-0.39, 0.29) is 11.7 Å². The Labute approximate surface area is 149 Å². The summed E-state index contributed by atoms with van der Waals surface area (Å²) < 4.78 is 6.89. The molecule has 3 rings (SSSR count). The predicted molar refractivity (Wildman–Crippen MR) is 96.2 cm³/mol. The monoisotopic (exact) mass is 355 g/mol. The third-order valence-electron chi connectivity index (χ3n) is 3.42. The predicted octanol–water partition coefficient (Wildman–Crippen LogP) is 2.71. The second kappa shape index (κ2) is 7.80. The number of aromatic nitrogens is 4. The van der Waals surface area contributed by atoms with Crippen molar-refractivity contribution >= 4 is 23.4 Å². The summed E-state index contributed by atoms with van der Waals surface area (Å²) in [5, 5.41) is 15.0. The molecule has 8 heteroatoms. The number of amides is 1. The number of para-hydroxylation sites is 2. The Balaban J connectivity index is 1.67. The first kappa shape index (κ1) is 17.0. The number of hydrogen-bond acceptors (Lipinski definition) is 6. The normalized spacial score (nSPS) is 10.5. The molecule has 3 aromatic rings. The quantitative estimate of drug-likeness (QED) is 0.685. The van der Waals surface area contributed by atoms with Crippen molar-refractivity contribution in [2.75, 3.05) is 18.2 Å². The fourth-order valence-electron chi connectivity index (χ4n) is 2.19. The summed E-state index contributed by atoms with van der Waals surface area (Å²) >= 11 is 1.26. The minimum Gasteiger partial charge on any atom is -0.494 e. The number of aryl methyl sites for hydroxylation is 1. The minimum atomic E-state index is -0.122. The van der Waals surface area contributed by atoms with E-state index in [0.29, 0.717) is 10.9 Å². The smallest absolute Gasteiger partial charge is 0.234 e. The van der Waals surface area contributed by atoms with E-state index >= 15 is 0 Å². The molecule has 0 aliphatic carbocycles. The Bertz CT molecular complexity index is 863. The van der Waals surface area contributed by atoms with Crippen molar-refractivity contribution in [1.82, 2.24) is 20.2 Å². The zero-order chi connectivity index (χ0) is 17.6. The second-order valence-corrected chi connectivity index (χ2v) is 6.19. The van der Waals surface area contributed by atoms with Gasteiger partial charge in [0.2, 0.25) is 11.1 Å². The highest BCUT2D eigenvalue weighted by Crippen LogP contribution is 2.25. The molecule has 0 aliphatic heterocycles. The molecule has 2 aromatic carbocycles. The standard InChI is InChI=1S/C17H17N5O2S/c1-12-7-9-13(10-8-12)18-16(23)11-25-17-19-20-21-22(17)14-5-3-4-6-15(14)24-2/h3-10H,11H2,1-2H3,(H,18,23). The fraction of sp³-hybridized carbons (Fsp3) is 0.176. The first-order valence-electron chi connectivity index (χ1n) is 7.58. The van der Waals surface area contributed by atoms with Crippen LogP contribution in [0.2, 0.25) is 0 Å². The molecule has 0 radical (unpaired) electrons. The molecule has 0 aliphatic rings. The van der Waals surface area contributed by atoms with Crippen molar-refractivity contribution in [3.8, 4) is 11.4 Å². The van der Waals surface area contributed by atoms with Crippen LogP contribution in [0.5, 0.6) is 5.75 Å². The van der Waals surface area contributed by atoms with E-state index in [2.05, 4.69) is 20.8 Å². The van der Waals surface area contributed by atoms with Gasteiger partial charge >= 0.3 is 0 Å². The van der Waals surface area contributed by atoms with Gasteiger partial charge in [-0.25, -0.2) is 0 Å². The highest BCUT2D eigenvalue weighted by atomic mass is 32.2. The minimum absolute atomic E-state index is 0.122. The third-order valence-corrected chi connectivity index (χ3v) is 4.34. The Morgan fingerprint density at radius 2 is 1.96 bits per heavy atom. The van der Waals surface area contributed by atoms with E-state index in [9.17, 15) is 4.79 Å². The molecule has 0 fully saturated rings. The number of rotatable bonds is 6. The van der Waals surface area contributed by atoms with Crippen molar-refractivity contribution in [3.63, 3.8) is 0 Å². The SMILES string of the molecule is COc1ccccc1-n1nnnc1SCC(=O)Nc1ccc(C)cc1. The average Bonchev–Trinajstić information content (AvgIpc) is 3.10. The number of anilines is 1. The molecule has 1 aromatic heterocycles. The Morgan fingerprint density at radius 1 is 1.20 bits per heavy atom. The first-order chi connectivity index (χ1) is 12.2. The van der Waals surface area contributed by atoms with Gasteiger partial charge in [0, 0.05) is 5.69 Å². The number of benzene rings is 2. The summed E-state index contributed by atoms with van der Waals surface area (Å²) in [6.45, 7) is 2.00. The summed E-state index contributed by atoms with van der Waals surface area (Å²) in [5.74, 6) is 0.729. The summed E-state index contributed by atoms with van der Waals surface area (Å²) in [5.41, 5.74) is 2.63. The molecule has 1 heterocycles. The van der Waals surface area contributed by atoms with Crippen LogP contribution in [0, 0.1) is 6.92 Å². The van der Waals surface area contributed by atoms with Gasteiger partial charge in [-0.3, -0.25) is 4.79 Å². The summed E-state index contributed by atoms with van der Waals surface area (Å²) in [4.78, 5) is 12.1. The van der Waals surface area contributed by atoms with Crippen LogP contribution in [0.4, 0.5) is 5.69 Å². The molecule has 0 bridgehead atoms. The molecule has 0 saturated carbocycles. The van der Waals surface area contributed by atoms with Crippen LogP contribution < -0.4 is 10.1 Å². The van der Waals surface area contributed by atoms with Gasteiger partial charge in [-0.15, -0.1) is 5.10 Å². The van der Waals surface area contributed by atoms with Gasteiger partial charge in [-0.2, -0.15) is 4.68 Å². The van der Waals surface area contributed by atoms with Crippen molar-refractivity contribution in [3.05, 3.63) is 54.1 Å². The number of ether oxygens (including phenoxy) is 1. The number of methoxy groups -OCH3 is 1. The van der Waals surface area contributed by atoms with Crippen LogP contribution in [0.25, 0.3) is 5.69 Å². The molecule has 0 unspecified atom stereocenters. The van der Waals surface area contributed by atoms with Gasteiger partial charge in [0.1, 0.15) is 11.4 Å². The fourth-order valence-corrected chi connectivity index (χ4v) is 2.87. The maximum atomic E-state index is 12.1. The lowest BCUT2D eigenvalue weighted by atomic mass is 10.2. The van der Waals surface area contributed by atoms with Gasteiger partial charge in [-0.05, 0) is 41.6 Å². The largest absolute Gasteiger partial charge is 0.494 e. The number of thioether (sulfide) groups is 1. The highest BCUT2D eigenvalue weighted by Gasteiger charge is 2.14. The topological polar surface area (TPSA) is 81.9 Å². The van der Waals surface area contributed by atoms with Crippen LogP contribution in [0.1, 0.15) is 5.56 Å². The molecule has 7 nitrogen and oxygen atoms in total. The van der Waals surface area contributed by atoms with E-state index in [1.54, 1.807) is 11.8 Å². The van der Waals surface area contributed by atoms with Gasteiger partial charge in [0.25, 0.3) is 0 Å². The molecule has 0 spiro atoms. The maximum Gasteiger partial charge on any atom is 0.234 e. The maximum absolute atomic E-state index is 12.1. The zero-order valence-electron chi connectivity index (χ0n) is 13.8. The van der Waals surface area contributed by atoms with Crippen molar-refractivity contribution < 1.29 is 9.53 Å².